The van der Waals surface area contributed by atoms with Gasteiger partial charge in [0.25, 0.3) is 0 Å². The quantitative estimate of drug-likeness (QED) is 0.535. The summed E-state index contributed by atoms with van der Waals surface area (Å²) in [6, 6.07) is 8.79. The van der Waals surface area contributed by atoms with Gasteiger partial charge in [-0.1, -0.05) is 41.0 Å². The number of benzene rings is 1. The molecule has 0 radical (unpaired) electrons. The lowest BCUT2D eigenvalue weighted by Crippen LogP contribution is -2.15. The Kier molecular flexibility index (Phi) is 7.27. The summed E-state index contributed by atoms with van der Waals surface area (Å²) in [5.74, 6) is 0.616. The number of anilines is 1. The molecule has 1 amide bonds. The van der Waals surface area contributed by atoms with Crippen molar-refractivity contribution in [1.82, 2.24) is 19.7 Å². The first-order chi connectivity index (χ1) is 13.6. The Morgan fingerprint density at radius 1 is 1.21 bits per heavy atom. The summed E-state index contributed by atoms with van der Waals surface area (Å²) >= 11 is 13.4. The van der Waals surface area contributed by atoms with Crippen LogP contribution in [0.5, 0.6) is 0 Å². The van der Waals surface area contributed by atoms with Crippen LogP contribution in [0.4, 0.5) is 5.69 Å². The Bertz CT molecular complexity index is 952. The molecule has 3 aromatic rings. The van der Waals surface area contributed by atoms with Crippen LogP contribution in [0.25, 0.3) is 11.4 Å². The second-order valence-electron chi connectivity index (χ2n) is 5.62. The summed E-state index contributed by atoms with van der Waals surface area (Å²) in [6.07, 6.45) is 3.39. The molecule has 28 heavy (non-hydrogen) atoms. The summed E-state index contributed by atoms with van der Waals surface area (Å²) in [5, 5.41) is 12.6. The number of carbonyl (C=O) groups is 1. The summed E-state index contributed by atoms with van der Waals surface area (Å²) < 4.78 is 7.11. The van der Waals surface area contributed by atoms with Crippen molar-refractivity contribution in [3.63, 3.8) is 0 Å². The third-order valence-corrected chi connectivity index (χ3v) is 5.52. The van der Waals surface area contributed by atoms with E-state index in [1.165, 1.54) is 11.8 Å². The van der Waals surface area contributed by atoms with Gasteiger partial charge in [0.05, 0.1) is 34.6 Å². The predicted molar refractivity (Wildman–Crippen MR) is 111 cm³/mol. The number of pyridine rings is 1. The molecule has 0 spiro atoms. The van der Waals surface area contributed by atoms with Gasteiger partial charge in [0.1, 0.15) is 0 Å². The molecular formula is C18H17Cl2N5O2S. The molecule has 0 aliphatic rings. The fourth-order valence-corrected chi connectivity index (χ4v) is 3.52. The van der Waals surface area contributed by atoms with Gasteiger partial charge < -0.3 is 10.1 Å². The Hall–Kier alpha value is -2.13. The maximum atomic E-state index is 12.3. The van der Waals surface area contributed by atoms with Crippen LogP contribution in [0.2, 0.25) is 10.0 Å². The maximum absolute atomic E-state index is 12.3. The number of carbonyl (C=O) groups excluding carboxylic acids is 1. The number of ether oxygens (including phenoxy) is 1. The highest BCUT2D eigenvalue weighted by Crippen LogP contribution is 2.30. The fraction of sp³-hybridized carbons (Fsp3) is 0.222. The zero-order chi connectivity index (χ0) is 19.9. The number of amides is 1. The molecule has 0 bridgehead atoms. The van der Waals surface area contributed by atoms with Crippen molar-refractivity contribution >= 4 is 46.6 Å². The molecule has 1 N–H and O–H groups in total. The molecule has 3 rings (SSSR count). The standard InChI is InChI=1S/C18H17Cl2N5O2S/c1-27-10-9-25-17(12-5-7-21-8-6-12)23-24-18(25)28-11-15(26)22-14-4-2-3-13(19)16(14)20/h2-8H,9-11H2,1H3,(H,22,26). The predicted octanol–water partition coefficient (Wildman–Crippen LogP) is 4.02. The van der Waals surface area contributed by atoms with Gasteiger partial charge in [0, 0.05) is 25.1 Å². The molecule has 2 aromatic heterocycles. The fourth-order valence-electron chi connectivity index (χ4n) is 2.41. The molecule has 10 heteroatoms. The van der Waals surface area contributed by atoms with Crippen LogP contribution in [-0.2, 0) is 16.1 Å². The molecule has 0 saturated heterocycles. The monoisotopic (exact) mass is 437 g/mol. The zero-order valence-corrected chi connectivity index (χ0v) is 17.3. The lowest BCUT2D eigenvalue weighted by molar-refractivity contribution is -0.113. The van der Waals surface area contributed by atoms with E-state index in [1.54, 1.807) is 37.7 Å². The van der Waals surface area contributed by atoms with Gasteiger partial charge >= 0.3 is 0 Å². The average molecular weight is 438 g/mol. The lowest BCUT2D eigenvalue weighted by Gasteiger charge is -2.10. The summed E-state index contributed by atoms with van der Waals surface area (Å²) in [7, 11) is 1.63. The van der Waals surface area contributed by atoms with Crippen LogP contribution in [0.3, 0.4) is 0 Å². The van der Waals surface area contributed by atoms with Crippen LogP contribution in [0, 0.1) is 0 Å². The third kappa shape index (κ3) is 5.02. The molecular weight excluding hydrogens is 421 g/mol. The number of aromatic nitrogens is 4. The van der Waals surface area contributed by atoms with Crippen molar-refractivity contribution in [2.24, 2.45) is 0 Å². The first kappa shape index (κ1) is 20.6. The zero-order valence-electron chi connectivity index (χ0n) is 14.9. The molecule has 0 fully saturated rings. The lowest BCUT2D eigenvalue weighted by atomic mass is 10.2. The van der Waals surface area contributed by atoms with E-state index in [4.69, 9.17) is 27.9 Å². The minimum Gasteiger partial charge on any atom is -0.383 e. The van der Waals surface area contributed by atoms with Gasteiger partial charge in [0.15, 0.2) is 11.0 Å². The average Bonchev–Trinajstić information content (AvgIpc) is 3.11. The van der Waals surface area contributed by atoms with Gasteiger partial charge in [-0.2, -0.15) is 0 Å². The van der Waals surface area contributed by atoms with Crippen molar-refractivity contribution < 1.29 is 9.53 Å². The van der Waals surface area contributed by atoms with Crippen LogP contribution in [0.15, 0.2) is 47.9 Å². The minimum absolute atomic E-state index is 0.143. The van der Waals surface area contributed by atoms with E-state index in [2.05, 4.69) is 20.5 Å². The van der Waals surface area contributed by atoms with Gasteiger partial charge in [0.2, 0.25) is 5.91 Å². The largest absolute Gasteiger partial charge is 0.383 e. The van der Waals surface area contributed by atoms with Gasteiger partial charge in [-0.25, -0.2) is 0 Å². The van der Waals surface area contributed by atoms with Crippen LogP contribution >= 0.6 is 35.0 Å². The van der Waals surface area contributed by atoms with E-state index in [0.29, 0.717) is 39.9 Å². The van der Waals surface area contributed by atoms with E-state index in [1.807, 2.05) is 16.7 Å². The van der Waals surface area contributed by atoms with Crippen LogP contribution in [-0.4, -0.2) is 45.1 Å². The number of rotatable bonds is 8. The molecule has 1 aromatic carbocycles. The van der Waals surface area contributed by atoms with Crippen molar-refractivity contribution in [2.75, 3.05) is 24.8 Å². The highest BCUT2D eigenvalue weighted by molar-refractivity contribution is 7.99. The van der Waals surface area contributed by atoms with Crippen molar-refractivity contribution in [3.05, 3.63) is 52.8 Å². The van der Waals surface area contributed by atoms with Gasteiger partial charge in [-0.15, -0.1) is 10.2 Å². The molecule has 0 atom stereocenters. The number of nitrogens with zero attached hydrogens (tertiary/aromatic N) is 4. The third-order valence-electron chi connectivity index (χ3n) is 3.73. The second kappa shape index (κ2) is 9.88. The van der Waals surface area contributed by atoms with E-state index in [0.717, 1.165) is 5.56 Å². The van der Waals surface area contributed by atoms with Crippen molar-refractivity contribution in [2.45, 2.75) is 11.7 Å². The number of hydrogen-bond acceptors (Lipinski definition) is 6. The topological polar surface area (TPSA) is 81.9 Å². The molecule has 0 saturated carbocycles. The second-order valence-corrected chi connectivity index (χ2v) is 7.35. The minimum atomic E-state index is -0.221. The van der Waals surface area contributed by atoms with Crippen molar-refractivity contribution in [1.29, 1.82) is 0 Å². The van der Waals surface area contributed by atoms with E-state index < -0.39 is 0 Å². The number of nitrogens with one attached hydrogen (secondary N) is 1. The maximum Gasteiger partial charge on any atom is 0.234 e. The number of hydrogen-bond donors (Lipinski definition) is 1. The molecule has 2 heterocycles. The van der Waals surface area contributed by atoms with Crippen LogP contribution in [0.1, 0.15) is 0 Å². The van der Waals surface area contributed by atoms with E-state index >= 15 is 0 Å². The normalized spacial score (nSPS) is 10.8. The van der Waals surface area contributed by atoms with Gasteiger partial charge in [-0.3, -0.25) is 14.3 Å². The number of thioether (sulfide) groups is 1. The molecule has 7 nitrogen and oxygen atoms in total. The summed E-state index contributed by atoms with van der Waals surface area (Å²) in [6.45, 7) is 1.05. The first-order valence-corrected chi connectivity index (χ1v) is 10.0. The highest BCUT2D eigenvalue weighted by Gasteiger charge is 2.16. The SMILES string of the molecule is COCCn1c(SCC(=O)Nc2cccc(Cl)c2Cl)nnc1-c1ccncc1. The molecule has 0 aliphatic carbocycles. The summed E-state index contributed by atoms with van der Waals surface area (Å²) in [4.78, 5) is 16.3. The number of methoxy groups -OCH3 is 1. The van der Waals surface area contributed by atoms with E-state index in [-0.39, 0.29) is 11.7 Å². The molecule has 0 unspecified atom stereocenters. The highest BCUT2D eigenvalue weighted by atomic mass is 35.5. The van der Waals surface area contributed by atoms with E-state index in [9.17, 15) is 4.79 Å². The smallest absolute Gasteiger partial charge is 0.234 e. The summed E-state index contributed by atoms with van der Waals surface area (Å²) in [5.41, 5.74) is 1.36. The Morgan fingerprint density at radius 2 is 2.00 bits per heavy atom. The molecule has 0 aliphatic heterocycles. The Balaban J connectivity index is 1.72. The van der Waals surface area contributed by atoms with Crippen molar-refractivity contribution in [3.8, 4) is 11.4 Å². The first-order valence-electron chi connectivity index (χ1n) is 8.29. The van der Waals surface area contributed by atoms with Gasteiger partial charge in [-0.05, 0) is 24.3 Å². The number of halogens is 2. The van der Waals surface area contributed by atoms with Crippen LogP contribution < -0.4 is 5.32 Å². The molecule has 146 valence electrons. The Morgan fingerprint density at radius 3 is 2.75 bits per heavy atom. The Labute approximate surface area is 176 Å².